The highest BCUT2D eigenvalue weighted by molar-refractivity contribution is 5.95. The van der Waals surface area contributed by atoms with E-state index >= 15 is 0 Å². The Morgan fingerprint density at radius 1 is 1.07 bits per heavy atom. The zero-order chi connectivity index (χ0) is 9.54. The lowest BCUT2D eigenvalue weighted by Crippen LogP contribution is -1.95. The maximum absolute atomic E-state index is 11.3. The van der Waals surface area contributed by atoms with Gasteiger partial charge in [-0.15, -0.1) is 0 Å². The van der Waals surface area contributed by atoms with E-state index in [0.717, 1.165) is 10.8 Å². The first-order valence-corrected chi connectivity index (χ1v) is 4.34. The number of nitrogens with one attached hydrogen (secondary N) is 1. The molecule has 3 heteroatoms. The summed E-state index contributed by atoms with van der Waals surface area (Å²) in [5.74, 6) is 0. The van der Waals surface area contributed by atoms with Gasteiger partial charge >= 0.3 is 0 Å². The van der Waals surface area contributed by atoms with Gasteiger partial charge in [0.1, 0.15) is 0 Å². The molecule has 0 spiro atoms. The van der Waals surface area contributed by atoms with Crippen LogP contribution in [0.1, 0.15) is 0 Å². The molecule has 0 atom stereocenters. The lowest BCUT2D eigenvalue weighted by Gasteiger charge is -1.94. The van der Waals surface area contributed by atoms with Gasteiger partial charge in [-0.1, -0.05) is 24.3 Å². The summed E-state index contributed by atoms with van der Waals surface area (Å²) in [4.78, 5) is 11.3. The predicted molar refractivity (Wildman–Crippen MR) is 54.3 cm³/mol. The molecule has 0 bridgehead atoms. The molecule has 0 aliphatic carbocycles. The molecule has 3 rings (SSSR count). The smallest absolute Gasteiger partial charge is 0.287 e. The molecule has 0 radical (unpaired) electrons. The highest BCUT2D eigenvalue weighted by Gasteiger charge is 2.03. The van der Waals surface area contributed by atoms with E-state index in [4.69, 9.17) is 4.52 Å². The van der Waals surface area contributed by atoms with Crippen LogP contribution in [0.3, 0.4) is 0 Å². The fourth-order valence-electron chi connectivity index (χ4n) is 1.64. The molecule has 0 fully saturated rings. The normalized spacial score (nSPS) is 11.1. The Morgan fingerprint density at radius 3 is 2.57 bits per heavy atom. The number of rotatable bonds is 0. The molecule has 14 heavy (non-hydrogen) atoms. The summed E-state index contributed by atoms with van der Waals surface area (Å²) in [7, 11) is 0. The monoisotopic (exact) mass is 185 g/mol. The van der Waals surface area contributed by atoms with Crippen molar-refractivity contribution in [1.29, 1.82) is 0 Å². The van der Waals surface area contributed by atoms with E-state index in [2.05, 4.69) is 5.16 Å². The van der Waals surface area contributed by atoms with Gasteiger partial charge in [-0.3, -0.25) is 4.79 Å². The fraction of sp³-hybridized carbons (Fsp3) is 0. The third kappa shape index (κ3) is 0.893. The van der Waals surface area contributed by atoms with E-state index in [0.29, 0.717) is 11.0 Å². The van der Waals surface area contributed by atoms with Gasteiger partial charge in [0.05, 0.1) is 5.39 Å². The van der Waals surface area contributed by atoms with E-state index in [9.17, 15) is 4.79 Å². The second-order valence-corrected chi connectivity index (χ2v) is 3.23. The van der Waals surface area contributed by atoms with Crippen LogP contribution >= 0.6 is 0 Å². The molecule has 0 unspecified atom stereocenters. The summed E-state index contributed by atoms with van der Waals surface area (Å²) in [6.45, 7) is 0. The lowest BCUT2D eigenvalue weighted by molar-refractivity contribution is 0.449. The van der Waals surface area contributed by atoms with Crippen molar-refractivity contribution in [3.8, 4) is 0 Å². The standard InChI is InChI=1S/C11H7NO2/c13-11-9-5-7-3-1-2-4-8(7)6-10(9)14-12-11/h1-6H,(H,12,13). The van der Waals surface area contributed by atoms with Crippen molar-refractivity contribution >= 4 is 21.7 Å². The minimum Gasteiger partial charge on any atom is -0.378 e. The number of H-pyrrole nitrogens is 1. The van der Waals surface area contributed by atoms with Crippen LogP contribution in [0, 0.1) is 0 Å². The molecule has 0 amide bonds. The van der Waals surface area contributed by atoms with E-state index in [1.807, 2.05) is 36.4 Å². The maximum Gasteiger partial charge on any atom is 0.287 e. The number of aromatic nitrogens is 1. The first-order valence-electron chi connectivity index (χ1n) is 4.34. The summed E-state index contributed by atoms with van der Waals surface area (Å²) in [6, 6.07) is 11.6. The first kappa shape index (κ1) is 7.38. The van der Waals surface area contributed by atoms with E-state index < -0.39 is 0 Å². The molecule has 2 aromatic carbocycles. The summed E-state index contributed by atoms with van der Waals surface area (Å²) in [6.07, 6.45) is 0. The van der Waals surface area contributed by atoms with Gasteiger partial charge in [-0.2, -0.15) is 5.16 Å². The summed E-state index contributed by atoms with van der Waals surface area (Å²) in [5, 5.41) is 5.04. The Morgan fingerprint density at radius 2 is 1.79 bits per heavy atom. The van der Waals surface area contributed by atoms with Crippen LogP contribution in [0.2, 0.25) is 0 Å². The van der Waals surface area contributed by atoms with Crippen molar-refractivity contribution in [3.05, 3.63) is 46.8 Å². The quantitative estimate of drug-likeness (QED) is 0.584. The van der Waals surface area contributed by atoms with Crippen molar-refractivity contribution in [2.24, 2.45) is 0 Å². The molecule has 3 aromatic rings. The Kier molecular flexibility index (Phi) is 1.31. The molecule has 1 aromatic heterocycles. The third-order valence-corrected chi connectivity index (χ3v) is 2.35. The number of fused-ring (bicyclic) bond motifs is 2. The first-order chi connectivity index (χ1) is 6.84. The van der Waals surface area contributed by atoms with Crippen LogP contribution < -0.4 is 5.56 Å². The van der Waals surface area contributed by atoms with Crippen molar-refractivity contribution in [3.63, 3.8) is 0 Å². The van der Waals surface area contributed by atoms with Gasteiger partial charge < -0.3 is 4.52 Å². The second kappa shape index (κ2) is 2.48. The summed E-state index contributed by atoms with van der Waals surface area (Å²) in [5.41, 5.74) is 0.430. The van der Waals surface area contributed by atoms with Crippen molar-refractivity contribution in [2.45, 2.75) is 0 Å². The Labute approximate surface area is 78.9 Å². The molecule has 1 N–H and O–H groups in total. The number of hydrogen-bond acceptors (Lipinski definition) is 2. The summed E-state index contributed by atoms with van der Waals surface area (Å²) < 4.78 is 5.02. The number of aromatic amines is 1. The van der Waals surface area contributed by atoms with Crippen LogP contribution in [-0.4, -0.2) is 5.16 Å². The van der Waals surface area contributed by atoms with Crippen LogP contribution in [0.4, 0.5) is 0 Å². The van der Waals surface area contributed by atoms with Crippen LogP contribution in [0.15, 0.2) is 45.7 Å². The van der Waals surface area contributed by atoms with Crippen molar-refractivity contribution in [1.82, 2.24) is 5.16 Å². The van der Waals surface area contributed by atoms with Gasteiger partial charge in [-0.05, 0) is 22.9 Å². The molecular weight excluding hydrogens is 178 g/mol. The van der Waals surface area contributed by atoms with Crippen molar-refractivity contribution in [2.75, 3.05) is 0 Å². The largest absolute Gasteiger partial charge is 0.378 e. The van der Waals surface area contributed by atoms with Gasteiger partial charge in [0.15, 0.2) is 5.58 Å². The average Bonchev–Trinajstić information content (AvgIpc) is 2.57. The van der Waals surface area contributed by atoms with Crippen LogP contribution in [-0.2, 0) is 0 Å². The molecule has 0 saturated heterocycles. The highest BCUT2D eigenvalue weighted by atomic mass is 16.5. The van der Waals surface area contributed by atoms with E-state index in [1.165, 1.54) is 0 Å². The SMILES string of the molecule is O=c1[nH]oc2cc3ccccc3cc12. The molecule has 3 nitrogen and oxygen atoms in total. The Hall–Kier alpha value is -2.03. The van der Waals surface area contributed by atoms with Crippen LogP contribution in [0.25, 0.3) is 21.7 Å². The van der Waals surface area contributed by atoms with E-state index in [1.54, 1.807) is 0 Å². The van der Waals surface area contributed by atoms with Crippen molar-refractivity contribution < 1.29 is 4.52 Å². The van der Waals surface area contributed by atoms with E-state index in [-0.39, 0.29) is 5.56 Å². The molecule has 0 aliphatic rings. The minimum atomic E-state index is -0.175. The Balaban J connectivity index is 2.61. The zero-order valence-corrected chi connectivity index (χ0v) is 7.28. The minimum absolute atomic E-state index is 0.175. The molecule has 68 valence electrons. The molecular formula is C11H7NO2. The Bertz CT molecular complexity index is 663. The maximum atomic E-state index is 11.3. The molecule has 0 saturated carbocycles. The van der Waals surface area contributed by atoms with Gasteiger partial charge in [0.2, 0.25) is 0 Å². The van der Waals surface area contributed by atoms with Gasteiger partial charge in [-0.25, -0.2) is 0 Å². The molecule has 1 heterocycles. The number of benzene rings is 2. The highest BCUT2D eigenvalue weighted by Crippen LogP contribution is 2.19. The summed E-state index contributed by atoms with van der Waals surface area (Å²) >= 11 is 0. The second-order valence-electron chi connectivity index (χ2n) is 3.23. The lowest BCUT2D eigenvalue weighted by atomic mass is 10.1. The average molecular weight is 185 g/mol. The van der Waals surface area contributed by atoms with Gasteiger partial charge in [0, 0.05) is 0 Å². The third-order valence-electron chi connectivity index (χ3n) is 2.35. The van der Waals surface area contributed by atoms with Crippen LogP contribution in [0.5, 0.6) is 0 Å². The van der Waals surface area contributed by atoms with Gasteiger partial charge in [0.25, 0.3) is 5.56 Å². The molecule has 0 aliphatic heterocycles. The fourth-order valence-corrected chi connectivity index (χ4v) is 1.64. The zero-order valence-electron chi connectivity index (χ0n) is 7.28. The number of hydrogen-bond donors (Lipinski definition) is 1. The topological polar surface area (TPSA) is 46.0 Å². The predicted octanol–water partition coefficient (Wildman–Crippen LogP) is 2.27.